The average Bonchev–Trinajstić information content (AvgIpc) is 2.64. The summed E-state index contributed by atoms with van der Waals surface area (Å²) in [4.78, 5) is 13.1. The summed E-state index contributed by atoms with van der Waals surface area (Å²) in [5.74, 6) is 0. The van der Waals surface area contributed by atoms with Crippen LogP contribution in [0.1, 0.15) is 24.6 Å². The van der Waals surface area contributed by atoms with Gasteiger partial charge >= 0.3 is 0 Å². The predicted molar refractivity (Wildman–Crippen MR) is 101 cm³/mol. The standard InChI is InChI=1S/C22H21NO/c1-2-3-14-20-15-16-21(19-12-8-5-9-13-19)22(24)23(20)17-18-10-6-4-7-11-18/h3-16H,2,17H2,1H3. The molecule has 24 heavy (non-hydrogen) atoms. The van der Waals surface area contributed by atoms with E-state index >= 15 is 0 Å². The van der Waals surface area contributed by atoms with E-state index in [-0.39, 0.29) is 5.56 Å². The van der Waals surface area contributed by atoms with E-state index in [2.05, 4.69) is 25.1 Å². The molecule has 0 aliphatic rings. The molecule has 0 aliphatic heterocycles. The molecule has 0 atom stereocenters. The van der Waals surface area contributed by atoms with Crippen LogP contribution in [0.25, 0.3) is 17.2 Å². The molecule has 2 aromatic carbocycles. The van der Waals surface area contributed by atoms with E-state index in [1.165, 1.54) is 0 Å². The van der Waals surface area contributed by atoms with E-state index in [4.69, 9.17) is 0 Å². The van der Waals surface area contributed by atoms with Crippen LogP contribution in [0, 0.1) is 0 Å². The van der Waals surface area contributed by atoms with Gasteiger partial charge in [0.05, 0.1) is 6.54 Å². The van der Waals surface area contributed by atoms with Gasteiger partial charge in [-0.3, -0.25) is 4.79 Å². The van der Waals surface area contributed by atoms with Crippen molar-refractivity contribution in [3.8, 4) is 11.1 Å². The molecule has 0 fully saturated rings. The fourth-order valence-corrected chi connectivity index (χ4v) is 2.74. The lowest BCUT2D eigenvalue weighted by molar-refractivity contribution is 0.752. The third kappa shape index (κ3) is 3.54. The van der Waals surface area contributed by atoms with E-state index in [0.717, 1.165) is 28.8 Å². The summed E-state index contributed by atoms with van der Waals surface area (Å²) in [6, 6.07) is 23.9. The van der Waals surface area contributed by atoms with Gasteiger partial charge in [0.2, 0.25) is 0 Å². The van der Waals surface area contributed by atoms with Crippen molar-refractivity contribution >= 4 is 6.08 Å². The van der Waals surface area contributed by atoms with E-state index < -0.39 is 0 Å². The molecule has 0 saturated heterocycles. The summed E-state index contributed by atoms with van der Waals surface area (Å²) in [6.07, 6.45) is 5.05. The van der Waals surface area contributed by atoms with Gasteiger partial charge in [0, 0.05) is 11.3 Å². The van der Waals surface area contributed by atoms with Crippen molar-refractivity contribution in [3.05, 3.63) is 100 Å². The van der Waals surface area contributed by atoms with Crippen LogP contribution >= 0.6 is 0 Å². The molecule has 0 N–H and O–H groups in total. The molecule has 0 aliphatic carbocycles. The second-order valence-corrected chi connectivity index (χ2v) is 5.73. The molecule has 0 amide bonds. The van der Waals surface area contributed by atoms with Crippen LogP contribution in [-0.2, 0) is 6.54 Å². The number of allylic oxidation sites excluding steroid dienone is 1. The van der Waals surface area contributed by atoms with Gasteiger partial charge in [-0.25, -0.2) is 0 Å². The molecule has 3 aromatic rings. The number of pyridine rings is 1. The van der Waals surface area contributed by atoms with Gasteiger partial charge < -0.3 is 4.57 Å². The number of nitrogens with zero attached hydrogens (tertiary/aromatic N) is 1. The van der Waals surface area contributed by atoms with Crippen LogP contribution in [0.4, 0.5) is 0 Å². The first-order valence-electron chi connectivity index (χ1n) is 8.29. The molecule has 1 aromatic heterocycles. The maximum atomic E-state index is 13.1. The van der Waals surface area contributed by atoms with Crippen molar-refractivity contribution in [3.63, 3.8) is 0 Å². The molecule has 0 radical (unpaired) electrons. The van der Waals surface area contributed by atoms with Crippen molar-refractivity contribution < 1.29 is 0 Å². The second-order valence-electron chi connectivity index (χ2n) is 5.73. The fourth-order valence-electron chi connectivity index (χ4n) is 2.74. The molecule has 0 saturated carbocycles. The lowest BCUT2D eigenvalue weighted by Gasteiger charge is -2.13. The lowest BCUT2D eigenvalue weighted by atomic mass is 10.1. The van der Waals surface area contributed by atoms with Crippen LogP contribution in [0.5, 0.6) is 0 Å². The maximum absolute atomic E-state index is 13.1. The fraction of sp³-hybridized carbons (Fsp3) is 0.136. The summed E-state index contributed by atoms with van der Waals surface area (Å²) >= 11 is 0. The Morgan fingerprint density at radius 1 is 0.875 bits per heavy atom. The highest BCUT2D eigenvalue weighted by atomic mass is 16.1. The zero-order valence-corrected chi connectivity index (χ0v) is 13.9. The monoisotopic (exact) mass is 315 g/mol. The smallest absolute Gasteiger partial charge is 0.259 e. The molecule has 1 heterocycles. The SMILES string of the molecule is CCC=Cc1ccc(-c2ccccc2)c(=O)n1Cc1ccccc1. The molecular weight excluding hydrogens is 294 g/mol. The largest absolute Gasteiger partial charge is 0.304 e. The quantitative estimate of drug-likeness (QED) is 0.650. The van der Waals surface area contributed by atoms with E-state index in [1.54, 1.807) is 0 Å². The van der Waals surface area contributed by atoms with Gasteiger partial charge in [-0.15, -0.1) is 0 Å². The number of hydrogen-bond donors (Lipinski definition) is 0. The number of benzene rings is 2. The third-order valence-electron chi connectivity index (χ3n) is 4.00. The Hall–Kier alpha value is -2.87. The van der Waals surface area contributed by atoms with Gasteiger partial charge in [0.15, 0.2) is 0 Å². The topological polar surface area (TPSA) is 22.0 Å². The van der Waals surface area contributed by atoms with Crippen molar-refractivity contribution in [2.45, 2.75) is 19.9 Å². The van der Waals surface area contributed by atoms with Crippen LogP contribution in [-0.4, -0.2) is 4.57 Å². The number of aromatic nitrogens is 1. The third-order valence-corrected chi connectivity index (χ3v) is 4.00. The maximum Gasteiger partial charge on any atom is 0.259 e. The van der Waals surface area contributed by atoms with E-state index in [9.17, 15) is 4.79 Å². The molecule has 2 heteroatoms. The minimum Gasteiger partial charge on any atom is -0.304 e. The van der Waals surface area contributed by atoms with Crippen molar-refractivity contribution in [1.82, 2.24) is 4.57 Å². The summed E-state index contributed by atoms with van der Waals surface area (Å²) in [6.45, 7) is 2.66. The Kier molecular flexibility index (Phi) is 5.07. The summed E-state index contributed by atoms with van der Waals surface area (Å²) in [5.41, 5.74) is 3.79. The lowest BCUT2D eigenvalue weighted by Crippen LogP contribution is -2.24. The molecule has 0 spiro atoms. The molecule has 2 nitrogen and oxygen atoms in total. The van der Waals surface area contributed by atoms with Crippen LogP contribution in [0.3, 0.4) is 0 Å². The minimum atomic E-state index is 0.0447. The first-order chi connectivity index (χ1) is 11.8. The van der Waals surface area contributed by atoms with Crippen LogP contribution in [0.15, 0.2) is 83.7 Å². The van der Waals surface area contributed by atoms with E-state index in [0.29, 0.717) is 6.54 Å². The Balaban J connectivity index is 2.11. The highest BCUT2D eigenvalue weighted by molar-refractivity contribution is 5.63. The zero-order valence-electron chi connectivity index (χ0n) is 13.9. The minimum absolute atomic E-state index is 0.0447. The second kappa shape index (κ2) is 7.60. The summed E-state index contributed by atoms with van der Waals surface area (Å²) in [5, 5.41) is 0. The first-order valence-corrected chi connectivity index (χ1v) is 8.29. The van der Waals surface area contributed by atoms with Gasteiger partial charge in [-0.2, -0.15) is 0 Å². The number of hydrogen-bond acceptors (Lipinski definition) is 1. The van der Waals surface area contributed by atoms with Gasteiger partial charge in [0.1, 0.15) is 0 Å². The van der Waals surface area contributed by atoms with Gasteiger partial charge in [0.25, 0.3) is 5.56 Å². The van der Waals surface area contributed by atoms with E-state index in [1.807, 2.05) is 71.3 Å². The van der Waals surface area contributed by atoms with Crippen LogP contribution in [0.2, 0.25) is 0 Å². The molecule has 120 valence electrons. The van der Waals surface area contributed by atoms with Gasteiger partial charge in [-0.1, -0.05) is 73.7 Å². The normalized spacial score (nSPS) is 11.0. The zero-order chi connectivity index (χ0) is 16.8. The molecule has 0 bridgehead atoms. The Morgan fingerprint density at radius 3 is 2.21 bits per heavy atom. The van der Waals surface area contributed by atoms with Crippen molar-refractivity contribution in [2.24, 2.45) is 0 Å². The Labute approximate surface area is 142 Å². The van der Waals surface area contributed by atoms with Crippen LogP contribution < -0.4 is 5.56 Å². The molecule has 0 unspecified atom stereocenters. The highest BCUT2D eigenvalue weighted by Crippen LogP contribution is 2.17. The highest BCUT2D eigenvalue weighted by Gasteiger charge is 2.09. The Bertz CT molecular complexity index is 877. The predicted octanol–water partition coefficient (Wildman–Crippen LogP) is 4.99. The van der Waals surface area contributed by atoms with Crippen molar-refractivity contribution in [1.29, 1.82) is 0 Å². The summed E-state index contributed by atoms with van der Waals surface area (Å²) in [7, 11) is 0. The number of rotatable bonds is 5. The summed E-state index contributed by atoms with van der Waals surface area (Å²) < 4.78 is 1.85. The Morgan fingerprint density at radius 2 is 1.54 bits per heavy atom. The van der Waals surface area contributed by atoms with Gasteiger partial charge in [-0.05, 0) is 35.8 Å². The van der Waals surface area contributed by atoms with Crippen molar-refractivity contribution in [2.75, 3.05) is 0 Å². The average molecular weight is 315 g/mol. The molecule has 3 rings (SSSR count). The first kappa shape index (κ1) is 16.0. The molecular formula is C22H21NO.